The molecule has 0 aliphatic rings. The van der Waals surface area contributed by atoms with E-state index in [1.807, 2.05) is 0 Å². The van der Waals surface area contributed by atoms with Gasteiger partial charge in [-0.05, 0) is 38.5 Å². The van der Waals surface area contributed by atoms with E-state index in [1.54, 1.807) is 26.8 Å². The van der Waals surface area contributed by atoms with Crippen molar-refractivity contribution in [1.82, 2.24) is 5.32 Å². The highest BCUT2D eigenvalue weighted by atomic mass is 35.5. The number of rotatable bonds is 4. The normalized spacial score (nSPS) is 11.7. The maximum absolute atomic E-state index is 12.0. The third-order valence-electron chi connectivity index (χ3n) is 2.59. The first-order chi connectivity index (χ1) is 8.50. The molecule has 114 valence electrons. The number of carbonyl (C=O) groups is 1. The van der Waals surface area contributed by atoms with Crippen molar-refractivity contribution < 1.29 is 13.2 Å². The minimum Gasteiger partial charge on any atom is -0.350 e. The number of nitrogens with one attached hydrogen (secondary N) is 1. The highest BCUT2D eigenvalue weighted by Crippen LogP contribution is 2.15. The lowest BCUT2D eigenvalue weighted by molar-refractivity contribution is 0.0945. The van der Waals surface area contributed by atoms with Gasteiger partial charge in [-0.25, -0.2) is 8.42 Å². The summed E-state index contributed by atoms with van der Waals surface area (Å²) >= 11 is 0. The second kappa shape index (κ2) is 6.56. The van der Waals surface area contributed by atoms with Crippen molar-refractivity contribution >= 4 is 28.2 Å². The molecule has 0 aromatic heterocycles. The zero-order chi connectivity index (χ0) is 14.8. The fraction of sp³-hybridized carbons (Fsp3) is 0.462. The Bertz CT molecular complexity index is 592. The van der Waals surface area contributed by atoms with Gasteiger partial charge in [0.2, 0.25) is 0 Å². The summed E-state index contributed by atoms with van der Waals surface area (Å²) in [6, 6.07) is 4.51. The van der Waals surface area contributed by atoms with Gasteiger partial charge in [-0.15, -0.1) is 12.4 Å². The van der Waals surface area contributed by atoms with Gasteiger partial charge in [0, 0.05) is 23.9 Å². The third-order valence-corrected chi connectivity index (χ3v) is 3.70. The molecule has 0 saturated carbocycles. The molecule has 0 aliphatic heterocycles. The SMILES string of the molecule is Cc1ccc(S(C)(=O)=O)cc1C(=O)NCC(C)(C)N.Cl. The van der Waals surface area contributed by atoms with E-state index in [0.717, 1.165) is 11.8 Å². The van der Waals surface area contributed by atoms with E-state index in [9.17, 15) is 13.2 Å². The summed E-state index contributed by atoms with van der Waals surface area (Å²) in [5.74, 6) is -0.318. The van der Waals surface area contributed by atoms with Crippen LogP contribution in [-0.4, -0.2) is 32.7 Å². The van der Waals surface area contributed by atoms with Gasteiger partial charge < -0.3 is 11.1 Å². The average Bonchev–Trinajstić information content (AvgIpc) is 2.24. The van der Waals surface area contributed by atoms with Gasteiger partial charge in [-0.1, -0.05) is 6.07 Å². The van der Waals surface area contributed by atoms with Crippen LogP contribution in [0.1, 0.15) is 29.8 Å². The lowest BCUT2D eigenvalue weighted by Gasteiger charge is -2.19. The van der Waals surface area contributed by atoms with Crippen molar-refractivity contribution in [1.29, 1.82) is 0 Å². The van der Waals surface area contributed by atoms with Gasteiger partial charge in [0.25, 0.3) is 5.91 Å². The third kappa shape index (κ3) is 5.48. The molecule has 0 bridgehead atoms. The Morgan fingerprint density at radius 3 is 2.35 bits per heavy atom. The molecular weight excluding hydrogens is 300 g/mol. The second-order valence-electron chi connectivity index (χ2n) is 5.42. The molecule has 5 nitrogen and oxygen atoms in total. The van der Waals surface area contributed by atoms with Crippen LogP contribution in [0.15, 0.2) is 23.1 Å². The number of aryl methyl sites for hydroxylation is 1. The molecule has 3 N–H and O–H groups in total. The summed E-state index contributed by atoms with van der Waals surface area (Å²) < 4.78 is 23.0. The number of carbonyl (C=O) groups excluding carboxylic acids is 1. The summed E-state index contributed by atoms with van der Waals surface area (Å²) in [6.07, 6.45) is 1.11. The minimum atomic E-state index is -3.32. The van der Waals surface area contributed by atoms with Crippen molar-refractivity contribution in [2.24, 2.45) is 5.73 Å². The van der Waals surface area contributed by atoms with Crippen LogP contribution in [0.2, 0.25) is 0 Å². The zero-order valence-electron chi connectivity index (χ0n) is 12.1. The van der Waals surface area contributed by atoms with Crippen LogP contribution in [0, 0.1) is 6.92 Å². The van der Waals surface area contributed by atoms with Crippen LogP contribution in [-0.2, 0) is 9.84 Å². The Balaban J connectivity index is 0.00000361. The smallest absolute Gasteiger partial charge is 0.251 e. The van der Waals surface area contributed by atoms with E-state index in [1.165, 1.54) is 12.1 Å². The number of sulfone groups is 1. The highest BCUT2D eigenvalue weighted by Gasteiger charge is 2.17. The Morgan fingerprint density at radius 1 is 1.35 bits per heavy atom. The topological polar surface area (TPSA) is 89.3 Å². The molecule has 1 amide bonds. The van der Waals surface area contributed by atoms with Crippen LogP contribution >= 0.6 is 12.4 Å². The van der Waals surface area contributed by atoms with Crippen LogP contribution in [0.3, 0.4) is 0 Å². The predicted octanol–water partition coefficient (Wildman–Crippen LogP) is 1.29. The van der Waals surface area contributed by atoms with E-state index in [0.29, 0.717) is 12.1 Å². The number of hydrogen-bond donors (Lipinski definition) is 2. The first-order valence-electron chi connectivity index (χ1n) is 5.88. The van der Waals surface area contributed by atoms with Gasteiger partial charge in [-0.3, -0.25) is 4.79 Å². The summed E-state index contributed by atoms with van der Waals surface area (Å²) in [4.78, 5) is 12.2. The van der Waals surface area contributed by atoms with Crippen molar-refractivity contribution in [3.05, 3.63) is 29.3 Å². The second-order valence-corrected chi connectivity index (χ2v) is 7.44. The fourth-order valence-electron chi connectivity index (χ4n) is 1.48. The Morgan fingerprint density at radius 2 is 1.90 bits per heavy atom. The summed E-state index contributed by atoms with van der Waals surface area (Å²) in [5, 5.41) is 2.70. The van der Waals surface area contributed by atoms with Gasteiger partial charge in [0.05, 0.1) is 4.90 Å². The molecule has 0 aliphatic carbocycles. The molecule has 0 radical (unpaired) electrons. The maximum Gasteiger partial charge on any atom is 0.251 e. The van der Waals surface area contributed by atoms with E-state index >= 15 is 0 Å². The van der Waals surface area contributed by atoms with Crippen LogP contribution in [0.5, 0.6) is 0 Å². The molecule has 1 aromatic rings. The number of halogens is 1. The molecule has 1 rings (SSSR count). The predicted molar refractivity (Wildman–Crippen MR) is 82.1 cm³/mol. The first-order valence-corrected chi connectivity index (χ1v) is 7.78. The molecule has 0 saturated heterocycles. The van der Waals surface area contributed by atoms with Crippen molar-refractivity contribution in [2.45, 2.75) is 31.2 Å². The average molecular weight is 321 g/mol. The summed E-state index contributed by atoms with van der Waals surface area (Å²) in [7, 11) is -3.32. The maximum atomic E-state index is 12.0. The largest absolute Gasteiger partial charge is 0.350 e. The number of nitrogens with two attached hydrogens (primary N) is 1. The molecule has 20 heavy (non-hydrogen) atoms. The summed E-state index contributed by atoms with van der Waals surface area (Å²) in [5.41, 5.74) is 6.35. The van der Waals surface area contributed by atoms with Gasteiger partial charge in [0.15, 0.2) is 9.84 Å². The quantitative estimate of drug-likeness (QED) is 0.874. The van der Waals surface area contributed by atoms with Gasteiger partial charge in [0.1, 0.15) is 0 Å². The number of hydrogen-bond acceptors (Lipinski definition) is 4. The molecule has 0 heterocycles. The van der Waals surface area contributed by atoms with Crippen LogP contribution < -0.4 is 11.1 Å². The van der Waals surface area contributed by atoms with Crippen LogP contribution in [0.25, 0.3) is 0 Å². The number of amides is 1. The number of benzene rings is 1. The van der Waals surface area contributed by atoms with Crippen molar-refractivity contribution in [3.63, 3.8) is 0 Å². The molecule has 1 aromatic carbocycles. The van der Waals surface area contributed by atoms with Crippen LogP contribution in [0.4, 0.5) is 0 Å². The van der Waals surface area contributed by atoms with E-state index in [2.05, 4.69) is 5.32 Å². The Hall–Kier alpha value is -1.11. The Kier molecular flexibility index (Phi) is 6.20. The van der Waals surface area contributed by atoms with E-state index in [-0.39, 0.29) is 23.2 Å². The fourth-order valence-corrected chi connectivity index (χ4v) is 2.13. The molecule has 7 heteroatoms. The van der Waals surface area contributed by atoms with Crippen molar-refractivity contribution in [2.75, 3.05) is 12.8 Å². The lowest BCUT2D eigenvalue weighted by atomic mass is 10.1. The highest BCUT2D eigenvalue weighted by molar-refractivity contribution is 7.90. The molecular formula is C13H21ClN2O3S. The van der Waals surface area contributed by atoms with Gasteiger partial charge >= 0.3 is 0 Å². The summed E-state index contributed by atoms with van der Waals surface area (Å²) in [6.45, 7) is 5.67. The standard InChI is InChI=1S/C13H20N2O3S.ClH/c1-9-5-6-10(19(4,17)18)7-11(9)12(16)15-8-13(2,3)14;/h5-7H,8,14H2,1-4H3,(H,15,16);1H. The Labute approximate surface area is 126 Å². The molecule has 0 spiro atoms. The van der Waals surface area contributed by atoms with Gasteiger partial charge in [-0.2, -0.15) is 0 Å². The lowest BCUT2D eigenvalue weighted by Crippen LogP contribution is -2.45. The minimum absolute atomic E-state index is 0. The van der Waals surface area contributed by atoms with Crippen molar-refractivity contribution in [3.8, 4) is 0 Å². The first kappa shape index (κ1) is 18.9. The van der Waals surface area contributed by atoms with E-state index < -0.39 is 15.4 Å². The molecule has 0 unspecified atom stereocenters. The molecule has 0 atom stereocenters. The van der Waals surface area contributed by atoms with E-state index in [4.69, 9.17) is 5.73 Å². The zero-order valence-corrected chi connectivity index (χ0v) is 13.7. The monoisotopic (exact) mass is 320 g/mol. The molecule has 0 fully saturated rings.